The van der Waals surface area contributed by atoms with Gasteiger partial charge in [0.15, 0.2) is 0 Å². The number of likely N-dealkylation sites (tertiary alicyclic amines) is 1. The summed E-state index contributed by atoms with van der Waals surface area (Å²) in [4.78, 5) is 11.7. The van der Waals surface area contributed by atoms with E-state index in [2.05, 4.69) is 9.64 Å². The molecule has 0 aromatic heterocycles. The van der Waals surface area contributed by atoms with Crippen molar-refractivity contribution in [1.82, 2.24) is 4.90 Å². The molecule has 1 aliphatic rings. The summed E-state index contributed by atoms with van der Waals surface area (Å²) >= 11 is 0. The SMILES string of the molecule is O=COCN1CCC1. The van der Waals surface area contributed by atoms with Gasteiger partial charge in [0.1, 0.15) is 6.73 Å². The second kappa shape index (κ2) is 2.67. The fraction of sp³-hybridized carbons (Fsp3) is 0.800. The van der Waals surface area contributed by atoms with Crippen LogP contribution in [0.5, 0.6) is 0 Å². The van der Waals surface area contributed by atoms with Gasteiger partial charge in [0.25, 0.3) is 6.47 Å². The molecule has 1 rings (SSSR count). The van der Waals surface area contributed by atoms with Crippen LogP contribution < -0.4 is 0 Å². The van der Waals surface area contributed by atoms with Crippen molar-refractivity contribution in [3.8, 4) is 0 Å². The lowest BCUT2D eigenvalue weighted by Gasteiger charge is -2.28. The van der Waals surface area contributed by atoms with Crippen LogP contribution in [0.4, 0.5) is 0 Å². The molecule has 1 saturated heterocycles. The van der Waals surface area contributed by atoms with E-state index in [1.165, 1.54) is 6.42 Å². The Hall–Kier alpha value is -0.570. The summed E-state index contributed by atoms with van der Waals surface area (Å²) in [6.45, 7) is 3.11. The molecule has 0 spiro atoms. The standard InChI is InChI=1S/C5H9NO2/c7-5-8-4-6-2-1-3-6/h5H,1-4H2. The van der Waals surface area contributed by atoms with Crippen LogP contribution in [-0.4, -0.2) is 31.2 Å². The first kappa shape index (κ1) is 5.56. The quantitative estimate of drug-likeness (QED) is 0.478. The van der Waals surface area contributed by atoms with Crippen LogP contribution in [0.1, 0.15) is 6.42 Å². The maximum Gasteiger partial charge on any atom is 0.294 e. The van der Waals surface area contributed by atoms with Gasteiger partial charge in [0.2, 0.25) is 0 Å². The summed E-state index contributed by atoms with van der Waals surface area (Å²) in [5.41, 5.74) is 0. The van der Waals surface area contributed by atoms with Gasteiger partial charge in [-0.25, -0.2) is 0 Å². The van der Waals surface area contributed by atoms with E-state index in [4.69, 9.17) is 0 Å². The highest BCUT2D eigenvalue weighted by Gasteiger charge is 2.12. The number of hydrogen-bond donors (Lipinski definition) is 0. The minimum absolute atomic E-state index is 0.476. The first-order chi connectivity index (χ1) is 3.93. The largest absolute Gasteiger partial charge is 0.452 e. The summed E-state index contributed by atoms with van der Waals surface area (Å²) in [7, 11) is 0. The lowest BCUT2D eigenvalue weighted by Crippen LogP contribution is -2.38. The highest BCUT2D eigenvalue weighted by Crippen LogP contribution is 2.03. The molecule has 8 heavy (non-hydrogen) atoms. The van der Waals surface area contributed by atoms with Gasteiger partial charge < -0.3 is 4.74 Å². The van der Waals surface area contributed by atoms with Gasteiger partial charge in [-0.05, 0) is 6.42 Å². The predicted octanol–water partition coefficient (Wildman–Crippen LogP) is -0.177. The van der Waals surface area contributed by atoms with E-state index in [1.807, 2.05) is 0 Å². The molecule has 1 fully saturated rings. The number of rotatable bonds is 3. The number of hydrogen-bond acceptors (Lipinski definition) is 3. The first-order valence-electron chi connectivity index (χ1n) is 2.71. The van der Waals surface area contributed by atoms with Crippen molar-refractivity contribution >= 4 is 6.47 Å². The van der Waals surface area contributed by atoms with Gasteiger partial charge in [-0.2, -0.15) is 0 Å². The van der Waals surface area contributed by atoms with Crippen LogP contribution in [0, 0.1) is 0 Å². The average molecular weight is 115 g/mol. The molecule has 3 heteroatoms. The highest BCUT2D eigenvalue weighted by atomic mass is 16.5. The van der Waals surface area contributed by atoms with E-state index in [-0.39, 0.29) is 0 Å². The molecule has 0 radical (unpaired) electrons. The van der Waals surface area contributed by atoms with Crippen LogP contribution in [0.2, 0.25) is 0 Å². The molecule has 0 amide bonds. The molecule has 0 aromatic carbocycles. The van der Waals surface area contributed by atoms with Gasteiger partial charge in [-0.15, -0.1) is 0 Å². The molecule has 0 unspecified atom stereocenters. The molecule has 1 aliphatic heterocycles. The molecule has 0 saturated carbocycles. The Bertz CT molecular complexity index is 80.5. The van der Waals surface area contributed by atoms with E-state index in [1.54, 1.807) is 0 Å². The van der Waals surface area contributed by atoms with E-state index in [9.17, 15) is 4.79 Å². The maximum absolute atomic E-state index is 9.60. The van der Waals surface area contributed by atoms with Crippen molar-refractivity contribution < 1.29 is 9.53 Å². The Labute approximate surface area is 48.2 Å². The second-order valence-corrected chi connectivity index (χ2v) is 1.86. The van der Waals surface area contributed by atoms with E-state index >= 15 is 0 Å². The third kappa shape index (κ3) is 1.20. The summed E-state index contributed by atoms with van der Waals surface area (Å²) < 4.78 is 4.48. The number of nitrogens with zero attached hydrogens (tertiary/aromatic N) is 1. The van der Waals surface area contributed by atoms with Gasteiger partial charge in [-0.3, -0.25) is 9.69 Å². The summed E-state index contributed by atoms with van der Waals surface area (Å²) in [6.07, 6.45) is 1.24. The Morgan fingerprint density at radius 2 is 2.38 bits per heavy atom. The molecule has 0 atom stereocenters. The minimum Gasteiger partial charge on any atom is -0.452 e. The maximum atomic E-state index is 9.60. The zero-order valence-corrected chi connectivity index (χ0v) is 4.67. The lowest BCUT2D eigenvalue weighted by atomic mass is 10.2. The van der Waals surface area contributed by atoms with Crippen LogP contribution in [0.25, 0.3) is 0 Å². The smallest absolute Gasteiger partial charge is 0.294 e. The Balaban J connectivity index is 1.93. The second-order valence-electron chi connectivity index (χ2n) is 1.86. The lowest BCUT2D eigenvalue weighted by molar-refractivity contribution is -0.134. The number of ether oxygens (including phenoxy) is 1. The van der Waals surface area contributed by atoms with E-state index < -0.39 is 0 Å². The van der Waals surface area contributed by atoms with Gasteiger partial charge in [0.05, 0.1) is 0 Å². The minimum atomic E-state index is 0.476. The van der Waals surface area contributed by atoms with Crippen molar-refractivity contribution in [3.05, 3.63) is 0 Å². The molecular weight excluding hydrogens is 106 g/mol. The molecule has 46 valence electrons. The summed E-state index contributed by atoms with van der Waals surface area (Å²) in [5, 5.41) is 0. The zero-order valence-electron chi connectivity index (χ0n) is 4.67. The fourth-order valence-corrected chi connectivity index (χ4v) is 0.647. The number of carbonyl (C=O) groups is 1. The van der Waals surface area contributed by atoms with E-state index in [0.29, 0.717) is 13.2 Å². The Morgan fingerprint density at radius 3 is 2.75 bits per heavy atom. The highest BCUT2D eigenvalue weighted by molar-refractivity contribution is 5.36. The monoisotopic (exact) mass is 115 g/mol. The van der Waals surface area contributed by atoms with Crippen molar-refractivity contribution in [1.29, 1.82) is 0 Å². The normalized spacial score (nSPS) is 19.5. The van der Waals surface area contributed by atoms with Crippen molar-refractivity contribution in [2.45, 2.75) is 6.42 Å². The van der Waals surface area contributed by atoms with Gasteiger partial charge >= 0.3 is 0 Å². The molecular formula is C5H9NO2. The molecule has 0 bridgehead atoms. The third-order valence-electron chi connectivity index (χ3n) is 1.27. The van der Waals surface area contributed by atoms with Gasteiger partial charge in [0, 0.05) is 13.1 Å². The number of carbonyl (C=O) groups excluding carboxylic acids is 1. The molecule has 1 heterocycles. The fourth-order valence-electron chi connectivity index (χ4n) is 0.647. The third-order valence-corrected chi connectivity index (χ3v) is 1.27. The van der Waals surface area contributed by atoms with Gasteiger partial charge in [-0.1, -0.05) is 0 Å². The van der Waals surface area contributed by atoms with Crippen LogP contribution in [0.3, 0.4) is 0 Å². The van der Waals surface area contributed by atoms with Crippen LogP contribution in [-0.2, 0) is 9.53 Å². The average Bonchev–Trinajstić information content (AvgIpc) is 1.63. The van der Waals surface area contributed by atoms with Crippen molar-refractivity contribution in [2.75, 3.05) is 19.8 Å². The van der Waals surface area contributed by atoms with Crippen LogP contribution in [0.15, 0.2) is 0 Å². The first-order valence-corrected chi connectivity index (χ1v) is 2.71. The van der Waals surface area contributed by atoms with Crippen molar-refractivity contribution in [3.63, 3.8) is 0 Å². The molecule has 0 N–H and O–H groups in total. The summed E-state index contributed by atoms with van der Waals surface area (Å²) in [6, 6.07) is 0. The molecule has 0 aromatic rings. The Morgan fingerprint density at radius 1 is 1.62 bits per heavy atom. The topological polar surface area (TPSA) is 29.5 Å². The van der Waals surface area contributed by atoms with Crippen LogP contribution >= 0.6 is 0 Å². The van der Waals surface area contributed by atoms with E-state index in [0.717, 1.165) is 13.1 Å². The predicted molar refractivity (Wildman–Crippen MR) is 28.2 cm³/mol. The molecule has 3 nitrogen and oxygen atoms in total. The zero-order chi connectivity index (χ0) is 5.82. The summed E-state index contributed by atoms with van der Waals surface area (Å²) in [5.74, 6) is 0. The Kier molecular flexibility index (Phi) is 1.86. The molecule has 0 aliphatic carbocycles. The van der Waals surface area contributed by atoms with Crippen molar-refractivity contribution in [2.24, 2.45) is 0 Å².